The first-order chi connectivity index (χ1) is 20.2. The summed E-state index contributed by atoms with van der Waals surface area (Å²) in [5.74, 6) is 5.51. The molecule has 0 heterocycles. The molecule has 0 saturated heterocycles. The summed E-state index contributed by atoms with van der Waals surface area (Å²) in [5.41, 5.74) is 6.39. The normalized spacial score (nSPS) is 38.7. The van der Waals surface area contributed by atoms with Crippen molar-refractivity contribution in [2.24, 2.45) is 58.0 Å². The lowest BCUT2D eigenvalue weighted by atomic mass is 9.43. The highest BCUT2D eigenvalue weighted by molar-refractivity contribution is 5.11. The first kappa shape index (κ1) is 34.7. The van der Waals surface area contributed by atoms with Gasteiger partial charge in [0.25, 0.3) is 0 Å². The van der Waals surface area contributed by atoms with Crippen LogP contribution in [0.5, 0.6) is 0 Å². The zero-order valence-corrected chi connectivity index (χ0v) is 28.6. The van der Waals surface area contributed by atoms with Crippen molar-refractivity contribution in [1.29, 1.82) is 0 Å². The fourth-order valence-electron chi connectivity index (χ4n) is 11.0. The molecular weight excluding hydrogens is 516 g/mol. The summed E-state index contributed by atoms with van der Waals surface area (Å²) in [7, 11) is 0. The lowest BCUT2D eigenvalue weighted by molar-refractivity contribution is -0.162. The maximum absolute atomic E-state index is 11.7. The van der Waals surface area contributed by atoms with Crippen LogP contribution in [0.15, 0.2) is 0 Å². The van der Waals surface area contributed by atoms with Gasteiger partial charge in [0.15, 0.2) is 0 Å². The molecule has 0 amide bonds. The Morgan fingerprint density at radius 1 is 0.714 bits per heavy atom. The monoisotopic (exact) mass is 589 g/mol. The number of aliphatic hydroxyl groups is 1. The highest BCUT2D eigenvalue weighted by atomic mass is 16.3. The van der Waals surface area contributed by atoms with Gasteiger partial charge >= 0.3 is 0 Å². The molecule has 4 rings (SSSR count). The van der Waals surface area contributed by atoms with E-state index in [0.29, 0.717) is 22.8 Å². The van der Waals surface area contributed by atoms with Gasteiger partial charge in [0.2, 0.25) is 0 Å². The molecule has 4 saturated carbocycles. The van der Waals surface area contributed by atoms with E-state index in [1.54, 1.807) is 0 Å². The lowest BCUT2D eigenvalue weighted by Gasteiger charge is -2.62. The van der Waals surface area contributed by atoms with Gasteiger partial charge < -0.3 is 26.8 Å². The largest absolute Gasteiger partial charge is 0.393 e. The van der Waals surface area contributed by atoms with Gasteiger partial charge in [-0.25, -0.2) is 0 Å². The molecule has 0 aromatic carbocycles. The molecule has 42 heavy (non-hydrogen) atoms. The first-order valence-electron chi connectivity index (χ1n) is 18.7. The molecule has 5 heteroatoms. The molecule has 0 radical (unpaired) electrons. The third-order valence-electron chi connectivity index (χ3n) is 13.4. The Hall–Kier alpha value is -0.200. The van der Waals surface area contributed by atoms with Crippen LogP contribution in [0.1, 0.15) is 131 Å². The Balaban J connectivity index is 1.19. The summed E-state index contributed by atoms with van der Waals surface area (Å²) < 4.78 is 0. The lowest BCUT2D eigenvalue weighted by Crippen LogP contribution is -2.59. The maximum atomic E-state index is 11.7. The fourth-order valence-corrected chi connectivity index (χ4v) is 11.0. The molecule has 0 bridgehead atoms. The third kappa shape index (κ3) is 8.33. The minimum absolute atomic E-state index is 0.0998. The Morgan fingerprint density at radius 3 is 2.10 bits per heavy atom. The van der Waals surface area contributed by atoms with Crippen molar-refractivity contribution in [1.82, 2.24) is 16.0 Å². The molecule has 10 atom stereocenters. The van der Waals surface area contributed by atoms with E-state index >= 15 is 0 Å². The maximum Gasteiger partial charge on any atom is 0.0577 e. The van der Waals surface area contributed by atoms with Crippen LogP contribution in [-0.2, 0) is 0 Å². The van der Waals surface area contributed by atoms with Gasteiger partial charge in [0, 0.05) is 6.04 Å². The van der Waals surface area contributed by atoms with Crippen molar-refractivity contribution < 1.29 is 5.11 Å². The van der Waals surface area contributed by atoms with E-state index in [4.69, 9.17) is 5.73 Å². The van der Waals surface area contributed by atoms with E-state index < -0.39 is 0 Å². The molecule has 0 spiro atoms. The average Bonchev–Trinajstić information content (AvgIpc) is 3.31. The Kier molecular flexibility index (Phi) is 13.5. The second-order valence-corrected chi connectivity index (χ2v) is 16.5. The molecule has 4 aliphatic rings. The van der Waals surface area contributed by atoms with Crippen molar-refractivity contribution in [3.63, 3.8) is 0 Å². The zero-order chi connectivity index (χ0) is 30.2. The molecule has 246 valence electrons. The predicted octanol–water partition coefficient (Wildman–Crippen LogP) is 6.74. The fraction of sp³-hybridized carbons (Fsp3) is 1.00. The highest BCUT2D eigenvalue weighted by Gasteiger charge is 2.62. The number of nitrogens with two attached hydrogens (primary N) is 1. The van der Waals surface area contributed by atoms with Crippen LogP contribution < -0.4 is 21.7 Å². The number of hydrogen-bond donors (Lipinski definition) is 5. The van der Waals surface area contributed by atoms with Crippen LogP contribution in [0.4, 0.5) is 0 Å². The van der Waals surface area contributed by atoms with E-state index in [1.165, 1.54) is 83.5 Å². The quantitative estimate of drug-likeness (QED) is 0.115. The summed E-state index contributed by atoms with van der Waals surface area (Å²) in [6, 6.07) is 0.588. The summed E-state index contributed by atoms with van der Waals surface area (Å²) in [6.07, 6.45) is 19.4. The number of aliphatic hydroxyl groups excluding tert-OH is 1. The number of hydrogen-bond acceptors (Lipinski definition) is 5. The van der Waals surface area contributed by atoms with Crippen molar-refractivity contribution in [3.05, 3.63) is 0 Å². The molecular formula is C37H72N4O. The van der Waals surface area contributed by atoms with Crippen LogP contribution >= 0.6 is 0 Å². The van der Waals surface area contributed by atoms with E-state index in [0.717, 1.165) is 87.6 Å². The van der Waals surface area contributed by atoms with E-state index in [-0.39, 0.29) is 6.10 Å². The topological polar surface area (TPSA) is 82.3 Å². The molecule has 4 aliphatic carbocycles. The van der Waals surface area contributed by atoms with Crippen molar-refractivity contribution in [2.45, 2.75) is 143 Å². The second-order valence-electron chi connectivity index (χ2n) is 16.5. The van der Waals surface area contributed by atoms with Gasteiger partial charge in [0.1, 0.15) is 0 Å². The van der Waals surface area contributed by atoms with E-state index in [1.807, 2.05) is 0 Å². The third-order valence-corrected chi connectivity index (χ3v) is 13.4. The highest BCUT2D eigenvalue weighted by Crippen LogP contribution is 2.68. The minimum Gasteiger partial charge on any atom is -0.393 e. The number of nitrogens with one attached hydrogen (secondary N) is 3. The molecule has 5 nitrogen and oxygen atoms in total. The number of rotatable bonds is 18. The minimum atomic E-state index is -0.0998. The molecule has 0 aliphatic heterocycles. The van der Waals surface area contributed by atoms with Crippen molar-refractivity contribution >= 4 is 0 Å². The van der Waals surface area contributed by atoms with Gasteiger partial charge in [-0.3, -0.25) is 0 Å². The summed E-state index contributed by atoms with van der Waals surface area (Å²) in [5, 5.41) is 22.7. The van der Waals surface area contributed by atoms with Gasteiger partial charge in [-0.15, -0.1) is 0 Å². The van der Waals surface area contributed by atoms with E-state index in [2.05, 4.69) is 50.6 Å². The van der Waals surface area contributed by atoms with Crippen LogP contribution in [0, 0.1) is 52.3 Å². The van der Waals surface area contributed by atoms with Gasteiger partial charge in [0.05, 0.1) is 6.10 Å². The molecule has 0 aromatic heterocycles. The van der Waals surface area contributed by atoms with Gasteiger partial charge in [-0.05, 0) is 169 Å². The van der Waals surface area contributed by atoms with Crippen LogP contribution in [-0.4, -0.2) is 56.5 Å². The standard InChI is InChI=1S/C37H72N4O/c1-27(2)11-8-12-28(3)31-13-14-32-30-26-35(42)34-25-29(15-17-37(34,5)33(30)16-18-36(31,32)4)41-24-10-23-40-21-7-6-20-39-22-9-19-38/h27-35,39-42H,6-26,38H2,1-5H3/t28-,29+,30?,31-,32?,33?,34-,35-,36-,37-/m1/s1. The SMILES string of the molecule is CC(C)CCC[C@@H](C)[C@H]1CCC2C3C[C@@H](O)[C@H]4C[C@@H](NCCCNCCCCNCCCN)CC[C@]4(C)C3CC[C@@]21C. The van der Waals surface area contributed by atoms with Crippen LogP contribution in [0.2, 0.25) is 0 Å². The van der Waals surface area contributed by atoms with Gasteiger partial charge in [-0.2, -0.15) is 0 Å². The summed E-state index contributed by atoms with van der Waals surface area (Å²) in [6.45, 7) is 18.9. The number of unbranched alkanes of at least 4 members (excludes halogenated alkanes) is 1. The van der Waals surface area contributed by atoms with Crippen LogP contribution in [0.3, 0.4) is 0 Å². The average molecular weight is 589 g/mol. The molecule has 0 aromatic rings. The molecule has 4 fully saturated rings. The predicted molar refractivity (Wildman–Crippen MR) is 180 cm³/mol. The van der Waals surface area contributed by atoms with Crippen LogP contribution in [0.25, 0.3) is 0 Å². The Morgan fingerprint density at radius 2 is 1.38 bits per heavy atom. The van der Waals surface area contributed by atoms with Crippen molar-refractivity contribution in [3.8, 4) is 0 Å². The number of fused-ring (bicyclic) bond motifs is 5. The Labute approximate surface area is 261 Å². The zero-order valence-electron chi connectivity index (χ0n) is 28.6. The first-order valence-corrected chi connectivity index (χ1v) is 18.7. The second kappa shape index (κ2) is 16.4. The Bertz CT molecular complexity index is 777. The summed E-state index contributed by atoms with van der Waals surface area (Å²) in [4.78, 5) is 0. The smallest absolute Gasteiger partial charge is 0.0577 e. The summed E-state index contributed by atoms with van der Waals surface area (Å²) >= 11 is 0. The van der Waals surface area contributed by atoms with Crippen molar-refractivity contribution in [2.75, 3.05) is 39.3 Å². The van der Waals surface area contributed by atoms with Gasteiger partial charge in [-0.1, -0.05) is 53.9 Å². The molecule has 6 N–H and O–H groups in total. The molecule has 3 unspecified atom stereocenters. The van der Waals surface area contributed by atoms with E-state index in [9.17, 15) is 5.11 Å².